The summed E-state index contributed by atoms with van der Waals surface area (Å²) in [6, 6.07) is 11.3. The highest BCUT2D eigenvalue weighted by Gasteiger charge is 2.16. The summed E-state index contributed by atoms with van der Waals surface area (Å²) in [6.45, 7) is 0.902. The number of fused-ring (bicyclic) bond motifs is 1. The molecular weight excluding hydrogens is 392 g/mol. The van der Waals surface area contributed by atoms with Crippen molar-refractivity contribution in [1.82, 2.24) is 10.6 Å². The molecule has 0 atom stereocenters. The zero-order valence-corrected chi connectivity index (χ0v) is 17.2. The van der Waals surface area contributed by atoms with E-state index >= 15 is 0 Å². The second-order valence-electron chi connectivity index (χ2n) is 6.70. The molecule has 162 valence electrons. The highest BCUT2D eigenvalue weighted by atomic mass is 19.3. The first-order valence-corrected chi connectivity index (χ1v) is 9.99. The van der Waals surface area contributed by atoms with E-state index in [4.69, 9.17) is 14.2 Å². The molecule has 1 aliphatic rings. The summed E-state index contributed by atoms with van der Waals surface area (Å²) in [5.74, 6) is 1.88. The Morgan fingerprint density at radius 3 is 2.87 bits per heavy atom. The van der Waals surface area contributed by atoms with E-state index in [1.807, 2.05) is 6.07 Å². The largest absolute Gasteiger partial charge is 0.493 e. The van der Waals surface area contributed by atoms with Crippen LogP contribution < -0.4 is 24.8 Å². The highest BCUT2D eigenvalue weighted by molar-refractivity contribution is 5.79. The predicted octanol–water partition coefficient (Wildman–Crippen LogP) is 3.53. The number of ether oxygens (including phenoxy) is 3. The van der Waals surface area contributed by atoms with E-state index in [1.165, 1.54) is 11.1 Å². The van der Waals surface area contributed by atoms with Crippen LogP contribution in [0.2, 0.25) is 0 Å². The molecule has 6 nitrogen and oxygen atoms in total. The molecule has 0 aromatic heterocycles. The number of halogens is 2. The summed E-state index contributed by atoms with van der Waals surface area (Å²) in [5, 5.41) is 6.38. The van der Waals surface area contributed by atoms with Crippen molar-refractivity contribution in [1.29, 1.82) is 0 Å². The summed E-state index contributed by atoms with van der Waals surface area (Å²) in [4.78, 5) is 4.20. The minimum atomic E-state index is -2.93. The Morgan fingerprint density at radius 1 is 1.23 bits per heavy atom. The lowest BCUT2D eigenvalue weighted by Gasteiger charge is -2.17. The number of nitrogens with one attached hydrogen (secondary N) is 2. The van der Waals surface area contributed by atoms with Gasteiger partial charge >= 0.3 is 6.61 Å². The molecule has 0 unspecified atom stereocenters. The van der Waals surface area contributed by atoms with Gasteiger partial charge in [0.15, 0.2) is 17.5 Å². The summed E-state index contributed by atoms with van der Waals surface area (Å²) >= 11 is 0. The first kappa shape index (κ1) is 21.7. The third kappa shape index (κ3) is 5.75. The maximum atomic E-state index is 12.9. The molecule has 2 aromatic rings. The van der Waals surface area contributed by atoms with Gasteiger partial charge in [-0.25, -0.2) is 0 Å². The van der Waals surface area contributed by atoms with Crippen LogP contribution in [-0.4, -0.2) is 39.4 Å². The van der Waals surface area contributed by atoms with Gasteiger partial charge in [-0.1, -0.05) is 24.3 Å². The molecule has 2 N–H and O–H groups in total. The molecule has 0 radical (unpaired) electrons. The van der Waals surface area contributed by atoms with Crippen LogP contribution in [0.1, 0.15) is 23.6 Å². The van der Waals surface area contributed by atoms with Crippen LogP contribution in [0, 0.1) is 0 Å². The topological polar surface area (TPSA) is 64.1 Å². The lowest BCUT2D eigenvalue weighted by atomic mass is 10.1. The number of guanidine groups is 1. The Kier molecular flexibility index (Phi) is 7.70. The Labute approximate surface area is 175 Å². The molecule has 0 amide bonds. The van der Waals surface area contributed by atoms with Crippen LogP contribution in [0.25, 0.3) is 0 Å². The van der Waals surface area contributed by atoms with Gasteiger partial charge in [-0.2, -0.15) is 8.78 Å². The number of alkyl halides is 2. The fraction of sp³-hybridized carbons (Fsp3) is 0.409. The predicted molar refractivity (Wildman–Crippen MR) is 112 cm³/mol. The second kappa shape index (κ2) is 10.7. The van der Waals surface area contributed by atoms with Crippen LogP contribution in [0.5, 0.6) is 17.2 Å². The summed E-state index contributed by atoms with van der Waals surface area (Å²) in [5.41, 5.74) is 3.03. The fourth-order valence-electron chi connectivity index (χ4n) is 3.31. The van der Waals surface area contributed by atoms with Gasteiger partial charge in [0.25, 0.3) is 0 Å². The van der Waals surface area contributed by atoms with Crippen LogP contribution in [0.4, 0.5) is 8.78 Å². The molecule has 0 saturated heterocycles. The minimum absolute atomic E-state index is 0.0395. The van der Waals surface area contributed by atoms with Crippen molar-refractivity contribution >= 4 is 5.96 Å². The van der Waals surface area contributed by atoms with Gasteiger partial charge in [-0.3, -0.25) is 4.99 Å². The first-order valence-electron chi connectivity index (χ1n) is 9.99. The molecule has 30 heavy (non-hydrogen) atoms. The number of benzene rings is 2. The zero-order chi connectivity index (χ0) is 21.3. The van der Waals surface area contributed by atoms with E-state index in [2.05, 4.69) is 27.8 Å². The number of nitrogens with zero attached hydrogens (tertiary/aromatic N) is 1. The first-order chi connectivity index (χ1) is 14.6. The van der Waals surface area contributed by atoms with E-state index in [0.29, 0.717) is 30.4 Å². The van der Waals surface area contributed by atoms with Crippen LogP contribution >= 0.6 is 0 Å². The Balaban J connectivity index is 1.55. The van der Waals surface area contributed by atoms with Crippen LogP contribution in [0.3, 0.4) is 0 Å². The lowest BCUT2D eigenvalue weighted by molar-refractivity contribution is -0.0520. The molecule has 0 spiro atoms. The maximum Gasteiger partial charge on any atom is 0.387 e. The molecule has 2 aromatic carbocycles. The standard InChI is InChI=1S/C22H27F2N3O3/c1-3-28-19-6-4-5-17(20(19)30-21(23)24)14-27-22(25-2)26-11-9-15-7-8-18-16(13-15)10-12-29-18/h4-8,13,21H,3,9-12,14H2,1-2H3,(H2,25,26,27). The van der Waals surface area contributed by atoms with E-state index in [-0.39, 0.29) is 12.3 Å². The molecule has 1 heterocycles. The molecular formula is C22H27F2N3O3. The smallest absolute Gasteiger partial charge is 0.387 e. The van der Waals surface area contributed by atoms with Crippen molar-refractivity contribution in [3.05, 3.63) is 53.1 Å². The monoisotopic (exact) mass is 419 g/mol. The molecule has 8 heteroatoms. The molecule has 0 bridgehead atoms. The normalized spacial score (nSPS) is 13.0. The zero-order valence-electron chi connectivity index (χ0n) is 17.2. The average molecular weight is 419 g/mol. The van der Waals surface area contributed by atoms with Gasteiger partial charge in [0, 0.05) is 32.1 Å². The van der Waals surface area contributed by atoms with Gasteiger partial charge in [-0.15, -0.1) is 0 Å². The highest BCUT2D eigenvalue weighted by Crippen LogP contribution is 2.32. The minimum Gasteiger partial charge on any atom is -0.493 e. The number of hydrogen-bond donors (Lipinski definition) is 2. The van der Waals surface area contributed by atoms with Gasteiger partial charge in [0.2, 0.25) is 0 Å². The third-order valence-electron chi connectivity index (χ3n) is 4.70. The Bertz CT molecular complexity index is 875. The molecule has 0 aliphatic carbocycles. The number of para-hydroxylation sites is 1. The second-order valence-corrected chi connectivity index (χ2v) is 6.70. The average Bonchev–Trinajstić information content (AvgIpc) is 3.20. The van der Waals surface area contributed by atoms with Crippen molar-refractivity contribution < 1.29 is 23.0 Å². The molecule has 3 rings (SSSR count). The van der Waals surface area contributed by atoms with E-state index in [1.54, 1.807) is 32.2 Å². The number of hydrogen-bond acceptors (Lipinski definition) is 4. The lowest BCUT2D eigenvalue weighted by Crippen LogP contribution is -2.38. The van der Waals surface area contributed by atoms with Crippen molar-refractivity contribution in [2.75, 3.05) is 26.8 Å². The van der Waals surface area contributed by atoms with Crippen molar-refractivity contribution in [3.63, 3.8) is 0 Å². The van der Waals surface area contributed by atoms with Gasteiger partial charge < -0.3 is 24.8 Å². The SMILES string of the molecule is CCOc1cccc(CNC(=NC)NCCc2ccc3c(c2)CCO3)c1OC(F)F. The fourth-order valence-corrected chi connectivity index (χ4v) is 3.31. The summed E-state index contributed by atoms with van der Waals surface area (Å²) < 4.78 is 41.4. The quantitative estimate of drug-likeness (QED) is 0.481. The Hall–Kier alpha value is -3.03. The van der Waals surface area contributed by atoms with Gasteiger partial charge in [0.1, 0.15) is 5.75 Å². The van der Waals surface area contributed by atoms with Gasteiger partial charge in [0.05, 0.1) is 13.2 Å². The van der Waals surface area contributed by atoms with E-state index in [9.17, 15) is 8.78 Å². The van der Waals surface area contributed by atoms with Crippen LogP contribution in [0.15, 0.2) is 41.4 Å². The summed E-state index contributed by atoms with van der Waals surface area (Å²) in [7, 11) is 1.66. The molecule has 0 saturated carbocycles. The maximum absolute atomic E-state index is 12.9. The van der Waals surface area contributed by atoms with Crippen molar-refractivity contribution in [3.8, 4) is 17.2 Å². The number of aliphatic imine (C=N–C) groups is 1. The van der Waals surface area contributed by atoms with Crippen molar-refractivity contribution in [2.45, 2.75) is 32.9 Å². The van der Waals surface area contributed by atoms with Gasteiger partial charge in [-0.05, 0) is 36.6 Å². The summed E-state index contributed by atoms with van der Waals surface area (Å²) in [6.07, 6.45) is 1.78. The number of rotatable bonds is 9. The van der Waals surface area contributed by atoms with Crippen molar-refractivity contribution in [2.24, 2.45) is 4.99 Å². The Morgan fingerprint density at radius 2 is 2.10 bits per heavy atom. The van der Waals surface area contributed by atoms with E-state index < -0.39 is 6.61 Å². The molecule has 0 fully saturated rings. The molecule has 1 aliphatic heterocycles. The van der Waals surface area contributed by atoms with E-state index in [0.717, 1.165) is 25.2 Å². The third-order valence-corrected chi connectivity index (χ3v) is 4.70. The van der Waals surface area contributed by atoms with Crippen LogP contribution in [-0.2, 0) is 19.4 Å².